The molecule has 0 aromatic heterocycles. The van der Waals surface area contributed by atoms with Crippen LogP contribution in [0.25, 0.3) is 0 Å². The summed E-state index contributed by atoms with van der Waals surface area (Å²) >= 11 is 0. The molecular weight excluding hydrogens is 277 g/mol. The van der Waals surface area contributed by atoms with Crippen molar-refractivity contribution >= 4 is 25.3 Å². The molecule has 22 heavy (non-hydrogen) atoms. The maximum atomic E-state index is 12.6. The maximum absolute atomic E-state index is 12.6. The van der Waals surface area contributed by atoms with E-state index in [0.29, 0.717) is 0 Å². The van der Waals surface area contributed by atoms with Gasteiger partial charge in [0, 0.05) is 17.8 Å². The molecule has 122 valence electrons. The Bertz CT molecular complexity index is 457. The fourth-order valence-electron chi connectivity index (χ4n) is 2.91. The minimum absolute atomic E-state index is 0.152. The molecule has 1 aliphatic heterocycles. The zero-order chi connectivity index (χ0) is 17.1. The number of carbonyl (C=O) groups is 3. The van der Waals surface area contributed by atoms with Crippen molar-refractivity contribution in [1.29, 1.82) is 0 Å². The summed E-state index contributed by atoms with van der Waals surface area (Å²) in [7, 11) is 5.47. The van der Waals surface area contributed by atoms with E-state index in [1.807, 2.05) is 0 Å². The predicted molar refractivity (Wildman–Crippen MR) is 87.3 cm³/mol. The standard InChI is InChI=1S/C17H28BNO3/c1-6-7-8-9-10-12-11-13(20)19(14(12)21)17(4,5)16(2,3)15(18)22/h12H,6-11H2,1-5H3. The van der Waals surface area contributed by atoms with Crippen LogP contribution in [0.1, 0.15) is 73.1 Å². The van der Waals surface area contributed by atoms with Crippen LogP contribution in [0.3, 0.4) is 0 Å². The van der Waals surface area contributed by atoms with Gasteiger partial charge in [0.2, 0.25) is 11.8 Å². The first-order chi connectivity index (χ1) is 10.1. The topological polar surface area (TPSA) is 54.5 Å². The van der Waals surface area contributed by atoms with Gasteiger partial charge in [0.05, 0.1) is 11.2 Å². The highest BCUT2D eigenvalue weighted by Crippen LogP contribution is 2.40. The molecule has 0 aromatic carbocycles. The molecule has 1 rings (SSSR count). The number of likely N-dealkylation sites (tertiary alicyclic amines) is 1. The Morgan fingerprint density at radius 3 is 2.27 bits per heavy atom. The summed E-state index contributed by atoms with van der Waals surface area (Å²) in [6.07, 6.45) is 5.34. The number of hydrogen-bond acceptors (Lipinski definition) is 3. The normalized spacial score (nSPS) is 19.9. The van der Waals surface area contributed by atoms with Crippen LogP contribution in [0, 0.1) is 11.3 Å². The first kappa shape index (κ1) is 18.9. The number of carbonyl (C=O) groups excluding carboxylic acids is 3. The highest BCUT2D eigenvalue weighted by Gasteiger charge is 2.53. The van der Waals surface area contributed by atoms with Crippen molar-refractivity contribution in [3.05, 3.63) is 0 Å². The number of unbranched alkanes of at least 4 members (excludes halogenated alkanes) is 3. The third-order valence-corrected chi connectivity index (χ3v) is 5.35. The van der Waals surface area contributed by atoms with Crippen molar-refractivity contribution in [2.24, 2.45) is 11.3 Å². The molecule has 1 saturated heterocycles. The number of hydrogen-bond donors (Lipinski definition) is 0. The Morgan fingerprint density at radius 1 is 1.18 bits per heavy atom. The van der Waals surface area contributed by atoms with Crippen LogP contribution in [0.2, 0.25) is 0 Å². The lowest BCUT2D eigenvalue weighted by Crippen LogP contribution is -2.59. The van der Waals surface area contributed by atoms with Crippen molar-refractivity contribution < 1.29 is 14.4 Å². The van der Waals surface area contributed by atoms with Crippen LogP contribution >= 0.6 is 0 Å². The van der Waals surface area contributed by atoms with Gasteiger partial charge in [0.15, 0.2) is 7.85 Å². The minimum atomic E-state index is -0.977. The number of rotatable bonds is 8. The molecule has 0 aliphatic carbocycles. The third-order valence-electron chi connectivity index (χ3n) is 5.35. The number of amides is 2. The van der Waals surface area contributed by atoms with Crippen LogP contribution in [-0.4, -0.2) is 35.8 Å². The van der Waals surface area contributed by atoms with Gasteiger partial charge < -0.3 is 4.79 Å². The lowest BCUT2D eigenvalue weighted by Gasteiger charge is -2.45. The zero-order valence-electron chi connectivity index (χ0n) is 14.6. The lowest BCUT2D eigenvalue weighted by atomic mass is 9.65. The van der Waals surface area contributed by atoms with E-state index in [1.165, 1.54) is 4.90 Å². The summed E-state index contributed by atoms with van der Waals surface area (Å²) < 4.78 is 0. The maximum Gasteiger partial charge on any atom is 0.233 e. The van der Waals surface area contributed by atoms with E-state index < -0.39 is 16.6 Å². The van der Waals surface area contributed by atoms with E-state index in [0.717, 1.165) is 32.1 Å². The van der Waals surface area contributed by atoms with Crippen molar-refractivity contribution in [2.45, 2.75) is 78.7 Å². The average Bonchev–Trinajstić information content (AvgIpc) is 2.69. The van der Waals surface area contributed by atoms with E-state index in [2.05, 4.69) is 6.92 Å². The van der Waals surface area contributed by atoms with Crippen molar-refractivity contribution in [3.8, 4) is 0 Å². The SMILES string of the molecule is [B]C(=O)C(C)(C)C(C)(C)N1C(=O)CC(CCCCCC)C1=O. The molecule has 1 unspecified atom stereocenters. The Kier molecular flexibility index (Phi) is 5.99. The Hall–Kier alpha value is -1.13. The van der Waals surface area contributed by atoms with Gasteiger partial charge in [0.1, 0.15) is 0 Å². The Balaban J connectivity index is 2.86. The van der Waals surface area contributed by atoms with E-state index >= 15 is 0 Å². The lowest BCUT2D eigenvalue weighted by molar-refractivity contribution is -0.152. The van der Waals surface area contributed by atoms with Crippen LogP contribution in [0.15, 0.2) is 0 Å². The third kappa shape index (κ3) is 3.44. The summed E-state index contributed by atoms with van der Waals surface area (Å²) in [6, 6.07) is 0. The van der Waals surface area contributed by atoms with Gasteiger partial charge in [-0.05, 0) is 20.3 Å². The largest absolute Gasteiger partial charge is 0.312 e. The molecule has 0 bridgehead atoms. The second-order valence-electron chi connectivity index (χ2n) is 7.37. The Labute approximate surface area is 135 Å². The smallest absolute Gasteiger partial charge is 0.233 e. The first-order valence-corrected chi connectivity index (χ1v) is 8.24. The molecule has 0 spiro atoms. The van der Waals surface area contributed by atoms with Crippen LogP contribution in [-0.2, 0) is 14.4 Å². The molecule has 1 heterocycles. The summed E-state index contributed by atoms with van der Waals surface area (Å²) in [5.74, 6) is -0.585. The van der Waals surface area contributed by atoms with E-state index in [4.69, 9.17) is 7.85 Å². The molecule has 2 amide bonds. The van der Waals surface area contributed by atoms with E-state index in [9.17, 15) is 14.4 Å². The molecule has 0 N–H and O–H groups in total. The van der Waals surface area contributed by atoms with Crippen LogP contribution in [0.5, 0.6) is 0 Å². The summed E-state index contributed by atoms with van der Waals surface area (Å²) in [5, 5.41) is 0. The van der Waals surface area contributed by atoms with Gasteiger partial charge in [-0.25, -0.2) is 0 Å². The van der Waals surface area contributed by atoms with Crippen LogP contribution in [0.4, 0.5) is 0 Å². The van der Waals surface area contributed by atoms with Crippen LogP contribution < -0.4 is 0 Å². The zero-order valence-corrected chi connectivity index (χ0v) is 14.6. The van der Waals surface area contributed by atoms with Gasteiger partial charge in [0.25, 0.3) is 0 Å². The molecule has 1 aliphatic rings. The fourth-order valence-corrected chi connectivity index (χ4v) is 2.91. The van der Waals surface area contributed by atoms with Gasteiger partial charge in [-0.1, -0.05) is 46.5 Å². The monoisotopic (exact) mass is 305 g/mol. The predicted octanol–water partition coefficient (Wildman–Crippen LogP) is 2.83. The van der Waals surface area contributed by atoms with Gasteiger partial charge in [-0.15, -0.1) is 0 Å². The van der Waals surface area contributed by atoms with E-state index in [-0.39, 0.29) is 24.2 Å². The molecule has 0 saturated carbocycles. The average molecular weight is 305 g/mol. The quantitative estimate of drug-likeness (QED) is 0.393. The molecule has 2 radical (unpaired) electrons. The Morgan fingerprint density at radius 2 is 1.77 bits per heavy atom. The molecule has 4 nitrogen and oxygen atoms in total. The van der Waals surface area contributed by atoms with Crippen molar-refractivity contribution in [2.75, 3.05) is 0 Å². The van der Waals surface area contributed by atoms with E-state index in [1.54, 1.807) is 27.7 Å². The van der Waals surface area contributed by atoms with Crippen molar-refractivity contribution in [1.82, 2.24) is 4.90 Å². The van der Waals surface area contributed by atoms with Crippen molar-refractivity contribution in [3.63, 3.8) is 0 Å². The second kappa shape index (κ2) is 6.97. The molecule has 1 atom stereocenters. The highest BCUT2D eigenvalue weighted by molar-refractivity contribution is 6.59. The molecular formula is C17H28BNO3. The summed E-state index contributed by atoms with van der Waals surface area (Å²) in [4.78, 5) is 38.0. The molecule has 1 fully saturated rings. The highest BCUT2D eigenvalue weighted by atomic mass is 16.2. The second-order valence-corrected chi connectivity index (χ2v) is 7.37. The summed E-state index contributed by atoms with van der Waals surface area (Å²) in [5.41, 5.74) is -2.41. The number of nitrogens with zero attached hydrogens (tertiary/aromatic N) is 1. The first-order valence-electron chi connectivity index (χ1n) is 8.24. The number of imide groups is 1. The van der Waals surface area contributed by atoms with Gasteiger partial charge in [-0.3, -0.25) is 14.5 Å². The molecule has 0 aromatic rings. The van der Waals surface area contributed by atoms with Gasteiger partial charge >= 0.3 is 0 Å². The summed E-state index contributed by atoms with van der Waals surface area (Å²) in [6.45, 7) is 9.00. The minimum Gasteiger partial charge on any atom is -0.312 e. The molecule has 5 heteroatoms. The fraction of sp³-hybridized carbons (Fsp3) is 0.824. The van der Waals surface area contributed by atoms with Gasteiger partial charge in [-0.2, -0.15) is 0 Å².